The molecule has 0 atom stereocenters. The normalized spacial score (nSPS) is 9.88. The molecule has 0 saturated carbocycles. The average molecular weight is 242 g/mol. The van der Waals surface area contributed by atoms with Gasteiger partial charge in [-0.3, -0.25) is 4.68 Å². The maximum absolute atomic E-state index is 5.24. The van der Waals surface area contributed by atoms with Crippen molar-refractivity contribution in [3.05, 3.63) is 36.0 Å². The Bertz CT molecular complexity index is 422. The quantitative estimate of drug-likeness (QED) is 0.895. The van der Waals surface area contributed by atoms with Gasteiger partial charge in [0.15, 0.2) is 0 Å². The van der Waals surface area contributed by atoms with Crippen LogP contribution in [0.4, 0.5) is 5.69 Å². The summed E-state index contributed by atoms with van der Waals surface area (Å²) in [5.41, 5.74) is 2.08. The van der Waals surface area contributed by atoms with Gasteiger partial charge in [-0.25, -0.2) is 0 Å². The predicted molar refractivity (Wildman–Crippen MR) is 65.9 cm³/mol. The summed E-state index contributed by atoms with van der Waals surface area (Å²) >= 11 is 0. The molecule has 0 unspecified atom stereocenters. The first-order chi connectivity index (χ1) is 7.29. The van der Waals surface area contributed by atoms with Gasteiger partial charge < -0.3 is 9.73 Å². The third-order valence-electron chi connectivity index (χ3n) is 2.30. The van der Waals surface area contributed by atoms with Gasteiger partial charge in [-0.1, -0.05) is 0 Å². The number of nitrogens with one attached hydrogen (secondary N) is 1. The fourth-order valence-corrected chi connectivity index (χ4v) is 1.45. The summed E-state index contributed by atoms with van der Waals surface area (Å²) < 4.78 is 7.15. The largest absolute Gasteiger partial charge is 0.467 e. The minimum Gasteiger partial charge on any atom is -0.467 e. The van der Waals surface area contributed by atoms with Crippen molar-refractivity contribution in [2.24, 2.45) is 0 Å². The lowest BCUT2D eigenvalue weighted by molar-refractivity contribution is 0.518. The highest BCUT2D eigenvalue weighted by Gasteiger charge is 2.03. The number of nitrogens with zero attached hydrogens (tertiary/aromatic N) is 2. The maximum atomic E-state index is 5.24. The predicted octanol–water partition coefficient (Wildman–Crippen LogP) is 2.84. The smallest absolute Gasteiger partial charge is 0.122 e. The number of hydrogen-bond donors (Lipinski definition) is 1. The Morgan fingerprint density at radius 3 is 2.88 bits per heavy atom. The van der Waals surface area contributed by atoms with Gasteiger partial charge in [0.25, 0.3) is 0 Å². The first-order valence-electron chi connectivity index (χ1n) is 5.10. The van der Waals surface area contributed by atoms with E-state index < -0.39 is 0 Å². The van der Waals surface area contributed by atoms with E-state index in [1.54, 1.807) is 6.26 Å². The second-order valence-electron chi connectivity index (χ2n) is 3.42. The molecule has 0 aliphatic carbocycles. The van der Waals surface area contributed by atoms with Crippen LogP contribution in [0.15, 0.2) is 29.0 Å². The van der Waals surface area contributed by atoms with Crippen molar-refractivity contribution in [1.82, 2.24) is 9.78 Å². The van der Waals surface area contributed by atoms with Crippen LogP contribution in [-0.4, -0.2) is 9.78 Å². The number of rotatable bonds is 4. The van der Waals surface area contributed by atoms with Crippen LogP contribution in [0.25, 0.3) is 0 Å². The first-order valence-corrected chi connectivity index (χ1v) is 5.10. The lowest BCUT2D eigenvalue weighted by Crippen LogP contribution is -1.98. The molecule has 0 fully saturated rings. The van der Waals surface area contributed by atoms with E-state index >= 15 is 0 Å². The molecule has 2 rings (SSSR count). The van der Waals surface area contributed by atoms with Crippen LogP contribution in [0.2, 0.25) is 0 Å². The Balaban J connectivity index is 0.00000128. The van der Waals surface area contributed by atoms with Gasteiger partial charge in [-0.15, -0.1) is 12.4 Å². The van der Waals surface area contributed by atoms with E-state index in [9.17, 15) is 0 Å². The van der Waals surface area contributed by atoms with E-state index in [4.69, 9.17) is 4.42 Å². The molecule has 0 amide bonds. The van der Waals surface area contributed by atoms with E-state index in [0.717, 1.165) is 23.7 Å². The van der Waals surface area contributed by atoms with Crippen LogP contribution in [0.5, 0.6) is 0 Å². The summed E-state index contributed by atoms with van der Waals surface area (Å²) in [6, 6.07) is 3.84. The molecular formula is C11H16ClN3O. The van der Waals surface area contributed by atoms with Gasteiger partial charge in [0.1, 0.15) is 5.76 Å². The Morgan fingerprint density at radius 1 is 1.50 bits per heavy atom. The van der Waals surface area contributed by atoms with Crippen LogP contribution in [0, 0.1) is 6.92 Å². The van der Waals surface area contributed by atoms with Crippen molar-refractivity contribution < 1.29 is 4.42 Å². The van der Waals surface area contributed by atoms with Crippen molar-refractivity contribution in [3.63, 3.8) is 0 Å². The van der Waals surface area contributed by atoms with Gasteiger partial charge in [-0.05, 0) is 26.0 Å². The Labute approximate surface area is 101 Å². The number of aryl methyl sites for hydroxylation is 2. The number of halogens is 1. The summed E-state index contributed by atoms with van der Waals surface area (Å²) in [4.78, 5) is 0. The molecule has 5 heteroatoms. The zero-order chi connectivity index (χ0) is 10.7. The lowest BCUT2D eigenvalue weighted by Gasteiger charge is -2.00. The average Bonchev–Trinajstić information content (AvgIpc) is 2.84. The molecule has 0 aliphatic rings. The summed E-state index contributed by atoms with van der Waals surface area (Å²) in [5, 5.41) is 7.65. The number of hydrogen-bond acceptors (Lipinski definition) is 3. The monoisotopic (exact) mass is 241 g/mol. The molecule has 2 heterocycles. The Kier molecular flexibility index (Phi) is 4.43. The van der Waals surface area contributed by atoms with Gasteiger partial charge in [0.2, 0.25) is 0 Å². The zero-order valence-electron chi connectivity index (χ0n) is 9.43. The third kappa shape index (κ3) is 2.79. The molecule has 88 valence electrons. The molecule has 4 nitrogen and oxygen atoms in total. The minimum atomic E-state index is 0. The third-order valence-corrected chi connectivity index (χ3v) is 2.30. The van der Waals surface area contributed by atoms with Crippen molar-refractivity contribution >= 4 is 18.1 Å². The van der Waals surface area contributed by atoms with E-state index in [2.05, 4.69) is 17.3 Å². The van der Waals surface area contributed by atoms with Crippen molar-refractivity contribution in [3.8, 4) is 0 Å². The second kappa shape index (κ2) is 5.61. The summed E-state index contributed by atoms with van der Waals surface area (Å²) in [6.07, 6.45) is 3.69. The van der Waals surface area contributed by atoms with Gasteiger partial charge >= 0.3 is 0 Å². The fourth-order valence-electron chi connectivity index (χ4n) is 1.45. The molecule has 0 aliphatic heterocycles. The van der Waals surface area contributed by atoms with Crippen LogP contribution >= 0.6 is 12.4 Å². The van der Waals surface area contributed by atoms with Crippen LogP contribution in [0.1, 0.15) is 18.4 Å². The summed E-state index contributed by atoms with van der Waals surface area (Å²) in [5.74, 6) is 0.929. The Morgan fingerprint density at radius 2 is 2.31 bits per heavy atom. The van der Waals surface area contributed by atoms with E-state index in [0.29, 0.717) is 6.54 Å². The fraction of sp³-hybridized carbons (Fsp3) is 0.364. The molecule has 0 saturated heterocycles. The molecule has 2 aromatic rings. The summed E-state index contributed by atoms with van der Waals surface area (Å²) in [6.45, 7) is 5.66. The van der Waals surface area contributed by atoms with Gasteiger partial charge in [0.05, 0.1) is 24.2 Å². The molecule has 0 spiro atoms. The van der Waals surface area contributed by atoms with Gasteiger partial charge in [-0.2, -0.15) is 5.10 Å². The highest BCUT2D eigenvalue weighted by Crippen LogP contribution is 2.13. The van der Waals surface area contributed by atoms with E-state index in [-0.39, 0.29) is 12.4 Å². The van der Waals surface area contributed by atoms with E-state index in [1.807, 2.05) is 29.9 Å². The number of furan rings is 1. The highest BCUT2D eigenvalue weighted by molar-refractivity contribution is 5.85. The maximum Gasteiger partial charge on any atom is 0.122 e. The summed E-state index contributed by atoms with van der Waals surface area (Å²) in [7, 11) is 0. The van der Waals surface area contributed by atoms with Crippen LogP contribution < -0.4 is 5.32 Å². The molecule has 16 heavy (non-hydrogen) atoms. The number of aromatic nitrogens is 2. The van der Waals surface area contributed by atoms with Crippen molar-refractivity contribution in [2.75, 3.05) is 5.32 Å². The first kappa shape index (κ1) is 12.6. The van der Waals surface area contributed by atoms with E-state index in [1.165, 1.54) is 0 Å². The second-order valence-corrected chi connectivity index (χ2v) is 3.42. The molecule has 0 aromatic carbocycles. The molecular weight excluding hydrogens is 226 g/mol. The molecule has 1 N–H and O–H groups in total. The molecule has 0 bridgehead atoms. The van der Waals surface area contributed by atoms with Crippen LogP contribution in [0.3, 0.4) is 0 Å². The van der Waals surface area contributed by atoms with Crippen LogP contribution in [-0.2, 0) is 13.1 Å². The van der Waals surface area contributed by atoms with Crippen molar-refractivity contribution in [2.45, 2.75) is 26.9 Å². The topological polar surface area (TPSA) is 43.0 Å². The van der Waals surface area contributed by atoms with Crippen molar-refractivity contribution in [1.29, 1.82) is 0 Å². The lowest BCUT2D eigenvalue weighted by atomic mass is 10.4. The number of anilines is 1. The zero-order valence-corrected chi connectivity index (χ0v) is 10.3. The molecule has 2 aromatic heterocycles. The Hall–Kier alpha value is -1.42. The SMILES string of the molecule is CCn1cc(NCc2ccco2)c(C)n1.Cl. The van der Waals surface area contributed by atoms with Gasteiger partial charge in [0, 0.05) is 12.7 Å². The minimum absolute atomic E-state index is 0. The standard InChI is InChI=1S/C11H15N3O.ClH/c1-3-14-8-11(9(2)13-14)12-7-10-5-4-6-15-10;/h4-6,8,12H,3,7H2,1-2H3;1H. The molecule has 0 radical (unpaired) electrons. The highest BCUT2D eigenvalue weighted by atomic mass is 35.5.